The molecule has 41 heavy (non-hydrogen) atoms. The van der Waals surface area contributed by atoms with Gasteiger partial charge in [0.25, 0.3) is 0 Å². The Kier molecular flexibility index (Phi) is 13.4. The molecule has 10 heteroatoms. The lowest BCUT2D eigenvalue weighted by molar-refractivity contribution is -0.152. The number of carbonyl (C=O) groups excluding carboxylic acids is 1. The lowest BCUT2D eigenvalue weighted by Gasteiger charge is -2.12. The van der Waals surface area contributed by atoms with Gasteiger partial charge in [0.2, 0.25) is 15.9 Å². The van der Waals surface area contributed by atoms with Crippen molar-refractivity contribution in [1.82, 2.24) is 14.7 Å². The third-order valence-corrected chi connectivity index (χ3v) is 8.75. The van der Waals surface area contributed by atoms with Gasteiger partial charge < -0.3 is 9.47 Å². The average Bonchev–Trinajstić information content (AvgIpc) is 3.38. The van der Waals surface area contributed by atoms with Crippen LogP contribution in [0.3, 0.4) is 0 Å². The van der Waals surface area contributed by atoms with E-state index in [0.29, 0.717) is 5.88 Å². The molecule has 3 aromatic rings. The zero-order chi connectivity index (χ0) is 29.3. The van der Waals surface area contributed by atoms with Crippen LogP contribution in [0.2, 0.25) is 0 Å². The molecule has 1 N–H and O–H groups in total. The van der Waals surface area contributed by atoms with Crippen LogP contribution < -0.4 is 9.46 Å². The number of nitrogens with one attached hydrogen (secondary N) is 1. The number of sulfonamides is 1. The van der Waals surface area contributed by atoms with Crippen LogP contribution in [0, 0.1) is 5.92 Å². The molecule has 2 aromatic heterocycles. The largest absolute Gasteiger partial charge is 0.473 e. The van der Waals surface area contributed by atoms with Gasteiger partial charge in [0.1, 0.15) is 11.8 Å². The first kappa shape index (κ1) is 34.4. The molecule has 0 radical (unpaired) electrons. The molecular formula is C31H45N3O5S2. The third-order valence-electron chi connectivity index (χ3n) is 5.72. The summed E-state index contributed by atoms with van der Waals surface area (Å²) in [6, 6.07) is 11.9. The molecule has 0 atom stereocenters. The number of hydrogen-bond donors (Lipinski definition) is 1. The zero-order valence-corrected chi connectivity index (χ0v) is 25.8. The van der Waals surface area contributed by atoms with E-state index >= 15 is 0 Å². The molecule has 0 aliphatic heterocycles. The van der Waals surface area contributed by atoms with Crippen LogP contribution in [-0.2, 0) is 19.6 Å². The summed E-state index contributed by atoms with van der Waals surface area (Å²) in [4.78, 5) is 21.4. The van der Waals surface area contributed by atoms with Gasteiger partial charge in [-0.15, -0.1) is 11.3 Å². The molecule has 1 saturated carbocycles. The van der Waals surface area contributed by atoms with E-state index in [-0.39, 0.29) is 42.8 Å². The Morgan fingerprint density at radius 2 is 1.56 bits per heavy atom. The molecule has 2 aliphatic carbocycles. The second-order valence-corrected chi connectivity index (χ2v) is 13.6. The van der Waals surface area contributed by atoms with Gasteiger partial charge in [0, 0.05) is 18.9 Å². The molecule has 1 aromatic carbocycles. The molecule has 0 bridgehead atoms. The van der Waals surface area contributed by atoms with Crippen molar-refractivity contribution < 1.29 is 22.7 Å². The SMILES string of the molecule is C.CC(C)C(=O)OC1CC=CC1.CC(C)NS(=O)(=O)C1CC1.CC(C)Oc1nc2ccccc2nc1-c1cccs1. The molecular weight excluding hydrogens is 558 g/mol. The molecule has 0 saturated heterocycles. The van der Waals surface area contributed by atoms with E-state index in [2.05, 4.69) is 21.9 Å². The van der Waals surface area contributed by atoms with Gasteiger partial charge in [0.05, 0.1) is 33.2 Å². The van der Waals surface area contributed by atoms with Gasteiger partial charge in [-0.25, -0.2) is 23.1 Å². The van der Waals surface area contributed by atoms with Gasteiger partial charge >= 0.3 is 5.97 Å². The van der Waals surface area contributed by atoms with Gasteiger partial charge in [-0.2, -0.15) is 0 Å². The number of para-hydroxylation sites is 2. The van der Waals surface area contributed by atoms with Crippen LogP contribution in [-0.4, -0.2) is 47.9 Å². The first-order valence-electron chi connectivity index (χ1n) is 13.8. The van der Waals surface area contributed by atoms with E-state index in [4.69, 9.17) is 14.5 Å². The molecule has 1 fully saturated rings. The second kappa shape index (κ2) is 16.0. The normalized spacial score (nSPS) is 14.8. The highest BCUT2D eigenvalue weighted by molar-refractivity contribution is 7.90. The van der Waals surface area contributed by atoms with Crippen molar-refractivity contribution in [3.8, 4) is 16.5 Å². The number of fused-ring (bicyclic) bond motifs is 1. The second-order valence-electron chi connectivity index (χ2n) is 10.7. The van der Waals surface area contributed by atoms with Gasteiger partial charge in [0.15, 0.2) is 0 Å². The van der Waals surface area contributed by atoms with E-state index in [1.54, 1.807) is 11.3 Å². The molecule has 0 amide bonds. The van der Waals surface area contributed by atoms with E-state index < -0.39 is 10.0 Å². The number of nitrogens with zero attached hydrogens (tertiary/aromatic N) is 2. The monoisotopic (exact) mass is 603 g/mol. The Bertz CT molecular complexity index is 1360. The summed E-state index contributed by atoms with van der Waals surface area (Å²) in [5, 5.41) is 1.95. The summed E-state index contributed by atoms with van der Waals surface area (Å²) in [6.07, 6.45) is 7.75. The van der Waals surface area contributed by atoms with Crippen molar-refractivity contribution in [2.24, 2.45) is 5.92 Å². The number of esters is 1. The summed E-state index contributed by atoms with van der Waals surface area (Å²) >= 11 is 1.64. The van der Waals surface area contributed by atoms with Crippen LogP contribution in [0.5, 0.6) is 5.88 Å². The lowest BCUT2D eigenvalue weighted by atomic mass is 10.2. The Labute approximate surface area is 249 Å². The fourth-order valence-electron chi connectivity index (χ4n) is 3.66. The van der Waals surface area contributed by atoms with E-state index in [0.717, 1.165) is 47.3 Å². The fraction of sp³-hybridized carbons (Fsp3) is 0.516. The standard InChI is InChI=1S/C15H14N2OS.C9H14O2.C6H13NO2S.CH4/c1-10(2)18-15-14(13-8-5-9-19-13)16-11-6-3-4-7-12(11)17-15;1-7(2)9(10)11-8-5-3-4-6-8;1-5(2)7-10(8,9)6-3-4-6;/h3-10H,1-2H3;3-4,7-8H,5-6H2,1-2H3;5-7H,3-4H2,1-2H3;1H4. The van der Waals surface area contributed by atoms with Gasteiger partial charge in [-0.1, -0.05) is 51.6 Å². The average molecular weight is 604 g/mol. The lowest BCUT2D eigenvalue weighted by Crippen LogP contribution is -2.32. The number of aromatic nitrogens is 2. The predicted molar refractivity (Wildman–Crippen MR) is 169 cm³/mol. The molecule has 226 valence electrons. The van der Waals surface area contributed by atoms with E-state index in [1.165, 1.54) is 0 Å². The smallest absolute Gasteiger partial charge is 0.308 e. The van der Waals surface area contributed by atoms with Crippen LogP contribution in [0.25, 0.3) is 21.6 Å². The maximum atomic E-state index is 11.1. The van der Waals surface area contributed by atoms with Crippen LogP contribution in [0.15, 0.2) is 53.9 Å². The van der Waals surface area contributed by atoms with Crippen LogP contribution in [0.4, 0.5) is 0 Å². The number of ether oxygens (including phenoxy) is 2. The number of benzene rings is 1. The topological polar surface area (TPSA) is 107 Å². The Morgan fingerprint density at radius 3 is 2.05 bits per heavy atom. The van der Waals surface area contributed by atoms with Crippen molar-refractivity contribution in [3.05, 3.63) is 53.9 Å². The van der Waals surface area contributed by atoms with Crippen molar-refractivity contribution in [1.29, 1.82) is 0 Å². The number of hydrogen-bond acceptors (Lipinski definition) is 8. The Balaban J connectivity index is 0.000000230. The summed E-state index contributed by atoms with van der Waals surface area (Å²) in [5.74, 6) is 0.519. The van der Waals surface area contributed by atoms with E-state index in [1.807, 2.05) is 83.3 Å². The highest BCUT2D eigenvalue weighted by atomic mass is 32.2. The number of rotatable bonds is 8. The van der Waals surface area contributed by atoms with Crippen LogP contribution in [0.1, 0.15) is 74.7 Å². The van der Waals surface area contributed by atoms with Crippen molar-refractivity contribution in [2.45, 2.75) is 98.2 Å². The maximum absolute atomic E-state index is 11.1. The van der Waals surface area contributed by atoms with Crippen molar-refractivity contribution in [3.63, 3.8) is 0 Å². The summed E-state index contributed by atoms with van der Waals surface area (Å²) in [5.41, 5.74) is 2.57. The van der Waals surface area contributed by atoms with Crippen LogP contribution >= 0.6 is 11.3 Å². The van der Waals surface area contributed by atoms with Crippen molar-refractivity contribution >= 4 is 38.4 Å². The zero-order valence-electron chi connectivity index (χ0n) is 24.2. The minimum Gasteiger partial charge on any atom is -0.473 e. The Morgan fingerprint density at radius 1 is 0.951 bits per heavy atom. The molecule has 5 rings (SSSR count). The number of carbonyl (C=O) groups is 1. The third kappa shape index (κ3) is 11.2. The van der Waals surface area contributed by atoms with Crippen molar-refractivity contribution in [2.75, 3.05) is 0 Å². The predicted octanol–water partition coefficient (Wildman–Crippen LogP) is 7.16. The summed E-state index contributed by atoms with van der Waals surface area (Å²) < 4.78 is 35.7. The minimum atomic E-state index is -2.94. The van der Waals surface area contributed by atoms with Gasteiger partial charge in [-0.05, 0) is 64.1 Å². The summed E-state index contributed by atoms with van der Waals surface area (Å²) in [6.45, 7) is 11.4. The fourth-order valence-corrected chi connectivity index (χ4v) is 5.97. The highest BCUT2D eigenvalue weighted by Gasteiger charge is 2.35. The van der Waals surface area contributed by atoms with E-state index in [9.17, 15) is 13.2 Å². The molecule has 2 heterocycles. The van der Waals surface area contributed by atoms with Gasteiger partial charge in [-0.3, -0.25) is 4.79 Å². The maximum Gasteiger partial charge on any atom is 0.308 e. The minimum absolute atomic E-state index is 0. The number of thiophene rings is 1. The summed E-state index contributed by atoms with van der Waals surface area (Å²) in [7, 11) is -2.94. The first-order valence-corrected chi connectivity index (χ1v) is 16.2. The quantitative estimate of drug-likeness (QED) is 0.215. The molecule has 8 nitrogen and oxygen atoms in total. The molecule has 0 spiro atoms. The highest BCUT2D eigenvalue weighted by Crippen LogP contribution is 2.32. The molecule has 0 unspecified atom stereocenters. The first-order chi connectivity index (χ1) is 19.0. The molecule has 2 aliphatic rings. The Hall–Kier alpha value is -2.82.